The molecule has 1 aliphatic rings. The Labute approximate surface area is 174 Å². The first-order valence-electron chi connectivity index (χ1n) is 8.91. The summed E-state index contributed by atoms with van der Waals surface area (Å²) < 4.78 is 27.0. The first-order valence-corrected chi connectivity index (χ1v) is 10.4. The van der Waals surface area contributed by atoms with Crippen molar-refractivity contribution < 1.29 is 8.42 Å². The summed E-state index contributed by atoms with van der Waals surface area (Å²) in [5, 5.41) is 0. The molecular formula is C18H31IN4O2S. The Morgan fingerprint density at radius 1 is 1.35 bits per heavy atom. The highest BCUT2D eigenvalue weighted by atomic mass is 127. The molecule has 1 aromatic carbocycles. The number of hydrogen-bond donors (Lipinski definition) is 2. The van der Waals surface area contributed by atoms with E-state index in [-0.39, 0.29) is 34.8 Å². The van der Waals surface area contributed by atoms with Gasteiger partial charge in [0.05, 0.1) is 11.4 Å². The summed E-state index contributed by atoms with van der Waals surface area (Å²) in [6.45, 7) is 8.96. The molecule has 1 saturated heterocycles. The van der Waals surface area contributed by atoms with E-state index in [4.69, 9.17) is 5.73 Å². The van der Waals surface area contributed by atoms with E-state index in [1.807, 2.05) is 13.8 Å². The number of piperidine rings is 1. The van der Waals surface area contributed by atoms with Crippen LogP contribution in [0.2, 0.25) is 0 Å². The SMILES string of the molecule is CC(C)CNS(=O)(=O)c1ccc(CN=C(N)N2CCCC(C)C2)cc1.I. The van der Waals surface area contributed by atoms with Crippen LogP contribution in [0.15, 0.2) is 34.2 Å². The second kappa shape index (κ2) is 10.5. The normalized spacial score (nSPS) is 18.7. The maximum atomic E-state index is 12.2. The highest BCUT2D eigenvalue weighted by Gasteiger charge is 2.17. The van der Waals surface area contributed by atoms with E-state index >= 15 is 0 Å². The van der Waals surface area contributed by atoms with Crippen LogP contribution in [0.3, 0.4) is 0 Å². The van der Waals surface area contributed by atoms with Gasteiger partial charge >= 0.3 is 0 Å². The number of rotatable bonds is 6. The van der Waals surface area contributed by atoms with E-state index in [1.165, 1.54) is 6.42 Å². The number of benzene rings is 1. The summed E-state index contributed by atoms with van der Waals surface area (Å²) in [4.78, 5) is 6.86. The lowest BCUT2D eigenvalue weighted by atomic mass is 10.0. The van der Waals surface area contributed by atoms with Crippen molar-refractivity contribution in [2.24, 2.45) is 22.6 Å². The molecule has 1 aromatic rings. The number of sulfonamides is 1. The molecule has 1 fully saturated rings. The van der Waals surface area contributed by atoms with Crippen LogP contribution in [0, 0.1) is 11.8 Å². The minimum Gasteiger partial charge on any atom is -0.370 e. The van der Waals surface area contributed by atoms with Crippen molar-refractivity contribution >= 4 is 40.0 Å². The van der Waals surface area contributed by atoms with Crippen LogP contribution in [0.5, 0.6) is 0 Å². The largest absolute Gasteiger partial charge is 0.370 e. The molecule has 26 heavy (non-hydrogen) atoms. The van der Waals surface area contributed by atoms with Gasteiger partial charge in [0.25, 0.3) is 0 Å². The summed E-state index contributed by atoms with van der Waals surface area (Å²) in [7, 11) is -3.45. The number of aliphatic imine (C=N–C) groups is 1. The van der Waals surface area contributed by atoms with Gasteiger partial charge in [-0.1, -0.05) is 32.9 Å². The molecule has 148 valence electrons. The van der Waals surface area contributed by atoms with E-state index < -0.39 is 10.0 Å². The van der Waals surface area contributed by atoms with Gasteiger partial charge in [0.2, 0.25) is 10.0 Å². The lowest BCUT2D eigenvalue weighted by Crippen LogP contribution is -2.43. The zero-order chi connectivity index (χ0) is 18.4. The fourth-order valence-electron chi connectivity index (χ4n) is 2.80. The van der Waals surface area contributed by atoms with Gasteiger partial charge in [-0.25, -0.2) is 18.1 Å². The van der Waals surface area contributed by atoms with Crippen LogP contribution in [0.1, 0.15) is 39.2 Å². The average molecular weight is 494 g/mol. The molecule has 3 N–H and O–H groups in total. The Morgan fingerprint density at radius 3 is 2.58 bits per heavy atom. The van der Waals surface area contributed by atoms with Gasteiger partial charge in [0.1, 0.15) is 0 Å². The molecule has 0 aliphatic carbocycles. The van der Waals surface area contributed by atoms with E-state index in [0.29, 0.717) is 25.0 Å². The minimum atomic E-state index is -3.45. The number of nitrogens with one attached hydrogen (secondary N) is 1. The number of nitrogens with zero attached hydrogens (tertiary/aromatic N) is 2. The molecule has 1 aliphatic heterocycles. The number of hydrogen-bond acceptors (Lipinski definition) is 3. The maximum absolute atomic E-state index is 12.2. The molecule has 1 atom stereocenters. The fourth-order valence-corrected chi connectivity index (χ4v) is 4.02. The summed E-state index contributed by atoms with van der Waals surface area (Å²) in [5.41, 5.74) is 7.04. The third-order valence-electron chi connectivity index (χ3n) is 4.32. The molecule has 0 aromatic heterocycles. The molecule has 0 spiro atoms. The first-order chi connectivity index (χ1) is 11.8. The van der Waals surface area contributed by atoms with Crippen molar-refractivity contribution in [3.05, 3.63) is 29.8 Å². The van der Waals surface area contributed by atoms with Crippen molar-refractivity contribution in [2.75, 3.05) is 19.6 Å². The Kier molecular flexibility index (Phi) is 9.32. The lowest BCUT2D eigenvalue weighted by molar-refractivity contribution is 0.270. The second-order valence-corrected chi connectivity index (χ2v) is 9.02. The third kappa shape index (κ3) is 7.03. The van der Waals surface area contributed by atoms with Crippen molar-refractivity contribution in [1.29, 1.82) is 0 Å². The van der Waals surface area contributed by atoms with E-state index in [1.54, 1.807) is 24.3 Å². The lowest BCUT2D eigenvalue weighted by Gasteiger charge is -2.31. The molecule has 0 radical (unpaired) electrons. The molecule has 1 heterocycles. The van der Waals surface area contributed by atoms with Gasteiger partial charge in [-0.2, -0.15) is 0 Å². The molecule has 6 nitrogen and oxygen atoms in total. The Bertz CT molecular complexity index is 690. The Morgan fingerprint density at radius 2 is 2.00 bits per heavy atom. The van der Waals surface area contributed by atoms with E-state index in [0.717, 1.165) is 25.1 Å². The summed E-state index contributed by atoms with van der Waals surface area (Å²) in [5.74, 6) is 1.48. The van der Waals surface area contributed by atoms with Crippen LogP contribution < -0.4 is 10.5 Å². The molecule has 1 unspecified atom stereocenters. The van der Waals surface area contributed by atoms with E-state index in [2.05, 4.69) is 21.5 Å². The number of guanidine groups is 1. The smallest absolute Gasteiger partial charge is 0.240 e. The Balaban J connectivity index is 0.00000338. The van der Waals surface area contributed by atoms with Crippen LogP contribution in [-0.4, -0.2) is 38.9 Å². The van der Waals surface area contributed by atoms with Gasteiger partial charge < -0.3 is 10.6 Å². The van der Waals surface area contributed by atoms with Crippen molar-refractivity contribution in [2.45, 2.75) is 45.1 Å². The van der Waals surface area contributed by atoms with Gasteiger partial charge in [-0.3, -0.25) is 0 Å². The fraction of sp³-hybridized carbons (Fsp3) is 0.611. The predicted molar refractivity (Wildman–Crippen MR) is 117 cm³/mol. The quantitative estimate of drug-likeness (QED) is 0.362. The Hall–Kier alpha value is -0.870. The summed E-state index contributed by atoms with van der Waals surface area (Å²) in [6.07, 6.45) is 2.39. The highest BCUT2D eigenvalue weighted by molar-refractivity contribution is 14.0. The highest BCUT2D eigenvalue weighted by Crippen LogP contribution is 2.16. The molecule has 0 bridgehead atoms. The van der Waals surface area contributed by atoms with Gasteiger partial charge in [-0.05, 0) is 42.4 Å². The van der Waals surface area contributed by atoms with Gasteiger partial charge in [-0.15, -0.1) is 24.0 Å². The number of halogens is 1. The number of nitrogens with two attached hydrogens (primary N) is 1. The molecule has 2 rings (SSSR count). The molecular weight excluding hydrogens is 463 g/mol. The van der Waals surface area contributed by atoms with Crippen LogP contribution in [-0.2, 0) is 16.6 Å². The van der Waals surface area contributed by atoms with Crippen LogP contribution >= 0.6 is 24.0 Å². The van der Waals surface area contributed by atoms with E-state index in [9.17, 15) is 8.42 Å². The van der Waals surface area contributed by atoms with Crippen molar-refractivity contribution in [3.8, 4) is 0 Å². The second-order valence-electron chi connectivity index (χ2n) is 7.26. The summed E-state index contributed by atoms with van der Waals surface area (Å²) >= 11 is 0. The minimum absolute atomic E-state index is 0. The molecule has 8 heteroatoms. The van der Waals surface area contributed by atoms with Gasteiger partial charge in [0.15, 0.2) is 5.96 Å². The van der Waals surface area contributed by atoms with Crippen molar-refractivity contribution in [1.82, 2.24) is 9.62 Å². The van der Waals surface area contributed by atoms with Crippen molar-refractivity contribution in [3.63, 3.8) is 0 Å². The third-order valence-corrected chi connectivity index (χ3v) is 5.76. The monoisotopic (exact) mass is 494 g/mol. The van der Waals surface area contributed by atoms with Crippen LogP contribution in [0.4, 0.5) is 0 Å². The van der Waals surface area contributed by atoms with Crippen LogP contribution in [0.25, 0.3) is 0 Å². The molecule has 0 amide bonds. The number of likely N-dealkylation sites (tertiary alicyclic amines) is 1. The predicted octanol–water partition coefficient (Wildman–Crippen LogP) is 2.79. The average Bonchev–Trinajstić information content (AvgIpc) is 2.58. The summed E-state index contributed by atoms with van der Waals surface area (Å²) in [6, 6.07) is 6.82. The zero-order valence-electron chi connectivity index (χ0n) is 15.8. The maximum Gasteiger partial charge on any atom is 0.240 e. The zero-order valence-corrected chi connectivity index (χ0v) is 19.0. The van der Waals surface area contributed by atoms with Gasteiger partial charge in [0, 0.05) is 19.6 Å². The first kappa shape index (κ1) is 23.2. The topological polar surface area (TPSA) is 87.8 Å². The molecule has 0 saturated carbocycles. The standard InChI is InChI=1S/C18H30N4O2S.HI/c1-14(2)11-21-25(23,24)17-8-6-16(7-9-17)12-20-18(19)22-10-4-5-15(3)13-22;/h6-9,14-15,21H,4-5,10-13H2,1-3H3,(H2,19,20);1H.